The number of aliphatic hydroxyl groups is 1. The maximum atomic E-state index is 12.2. The van der Waals surface area contributed by atoms with Crippen LogP contribution < -0.4 is 5.32 Å². The van der Waals surface area contributed by atoms with Crippen molar-refractivity contribution in [1.29, 1.82) is 0 Å². The quantitative estimate of drug-likeness (QED) is 0.566. The minimum absolute atomic E-state index is 0.0187. The molecule has 0 radical (unpaired) electrons. The van der Waals surface area contributed by atoms with E-state index in [1.165, 1.54) is 22.2 Å². The summed E-state index contributed by atoms with van der Waals surface area (Å²) in [4.78, 5) is 16.8. The van der Waals surface area contributed by atoms with Crippen LogP contribution in [0, 0.1) is 0 Å². The standard InChI is InChI=1S/C19H23N3O3S/c1-2-8-22-16-6-4-3-5-14(16)12-17(22)19-21-15(13-26-19)18(24)20-7-10-25-11-9-23/h3-6,12-13,23H,2,7-11H2,1H3,(H,20,24). The second kappa shape index (κ2) is 8.93. The Bertz CT molecular complexity index is 872. The van der Waals surface area contributed by atoms with Gasteiger partial charge in [0.15, 0.2) is 0 Å². The van der Waals surface area contributed by atoms with Gasteiger partial charge >= 0.3 is 0 Å². The van der Waals surface area contributed by atoms with Gasteiger partial charge in [-0.3, -0.25) is 4.79 Å². The van der Waals surface area contributed by atoms with Crippen molar-refractivity contribution in [2.75, 3.05) is 26.4 Å². The highest BCUT2D eigenvalue weighted by atomic mass is 32.1. The van der Waals surface area contributed by atoms with E-state index < -0.39 is 0 Å². The fourth-order valence-corrected chi connectivity index (χ4v) is 3.67. The molecule has 7 heteroatoms. The first-order valence-corrected chi connectivity index (χ1v) is 9.63. The van der Waals surface area contributed by atoms with E-state index in [9.17, 15) is 4.79 Å². The molecule has 0 atom stereocenters. The molecule has 1 aromatic carbocycles. The van der Waals surface area contributed by atoms with Gasteiger partial charge < -0.3 is 19.7 Å². The lowest BCUT2D eigenvalue weighted by molar-refractivity contribution is 0.0835. The minimum atomic E-state index is -0.210. The molecule has 2 heterocycles. The molecule has 0 aliphatic carbocycles. The first-order chi connectivity index (χ1) is 12.7. The first-order valence-electron chi connectivity index (χ1n) is 8.75. The van der Waals surface area contributed by atoms with Gasteiger partial charge in [0.1, 0.15) is 10.7 Å². The molecule has 3 rings (SSSR count). The highest BCUT2D eigenvalue weighted by Gasteiger charge is 2.16. The van der Waals surface area contributed by atoms with E-state index in [-0.39, 0.29) is 19.1 Å². The van der Waals surface area contributed by atoms with Crippen LogP contribution in [0.4, 0.5) is 0 Å². The van der Waals surface area contributed by atoms with Crippen LogP contribution in [-0.2, 0) is 11.3 Å². The molecule has 0 fully saturated rings. The van der Waals surface area contributed by atoms with Gasteiger partial charge in [0.2, 0.25) is 0 Å². The minimum Gasteiger partial charge on any atom is -0.394 e. The normalized spacial score (nSPS) is 11.2. The number of rotatable bonds is 9. The predicted octanol–water partition coefficient (Wildman–Crippen LogP) is 2.91. The molecule has 2 aromatic heterocycles. The number of para-hydroxylation sites is 1. The van der Waals surface area contributed by atoms with Gasteiger partial charge in [-0.15, -0.1) is 11.3 Å². The lowest BCUT2D eigenvalue weighted by atomic mass is 10.2. The Labute approximate surface area is 156 Å². The number of thiazole rings is 1. The second-order valence-corrected chi connectivity index (χ2v) is 6.73. The van der Waals surface area contributed by atoms with Gasteiger partial charge in [0.25, 0.3) is 5.91 Å². The number of aromatic nitrogens is 2. The van der Waals surface area contributed by atoms with Crippen molar-refractivity contribution >= 4 is 28.1 Å². The molecule has 138 valence electrons. The smallest absolute Gasteiger partial charge is 0.270 e. The number of carbonyl (C=O) groups is 1. The lowest BCUT2D eigenvalue weighted by Crippen LogP contribution is -2.27. The fourth-order valence-electron chi connectivity index (χ4n) is 2.84. The summed E-state index contributed by atoms with van der Waals surface area (Å²) in [6.07, 6.45) is 1.03. The number of aliphatic hydroxyl groups excluding tert-OH is 1. The van der Waals surface area contributed by atoms with Crippen molar-refractivity contribution in [1.82, 2.24) is 14.9 Å². The number of carbonyl (C=O) groups excluding carboxylic acids is 1. The molecule has 0 aliphatic heterocycles. The van der Waals surface area contributed by atoms with Crippen molar-refractivity contribution in [3.05, 3.63) is 41.4 Å². The van der Waals surface area contributed by atoms with Crippen LogP contribution in [0.25, 0.3) is 21.6 Å². The molecule has 0 unspecified atom stereocenters. The average Bonchev–Trinajstić information content (AvgIpc) is 3.27. The van der Waals surface area contributed by atoms with E-state index in [4.69, 9.17) is 9.84 Å². The van der Waals surface area contributed by atoms with Crippen molar-refractivity contribution < 1.29 is 14.6 Å². The second-order valence-electron chi connectivity index (χ2n) is 5.87. The largest absolute Gasteiger partial charge is 0.394 e. The van der Waals surface area contributed by atoms with Gasteiger partial charge in [-0.2, -0.15) is 0 Å². The number of benzene rings is 1. The number of aryl methyl sites for hydroxylation is 1. The Hall–Kier alpha value is -2.22. The van der Waals surface area contributed by atoms with E-state index in [0.717, 1.165) is 23.7 Å². The Morgan fingerprint density at radius 3 is 3.00 bits per heavy atom. The van der Waals surface area contributed by atoms with Crippen LogP contribution in [-0.4, -0.2) is 46.9 Å². The maximum Gasteiger partial charge on any atom is 0.270 e. The maximum absolute atomic E-state index is 12.2. The van der Waals surface area contributed by atoms with E-state index in [0.29, 0.717) is 18.8 Å². The monoisotopic (exact) mass is 373 g/mol. The summed E-state index contributed by atoms with van der Waals surface area (Å²) in [5.74, 6) is -0.210. The van der Waals surface area contributed by atoms with Gasteiger partial charge in [-0.05, 0) is 18.6 Å². The summed E-state index contributed by atoms with van der Waals surface area (Å²) in [6.45, 7) is 4.08. The fraction of sp³-hybridized carbons (Fsp3) is 0.368. The van der Waals surface area contributed by atoms with Crippen molar-refractivity contribution in [2.45, 2.75) is 19.9 Å². The highest BCUT2D eigenvalue weighted by Crippen LogP contribution is 2.30. The summed E-state index contributed by atoms with van der Waals surface area (Å²) < 4.78 is 7.40. The Morgan fingerprint density at radius 1 is 1.35 bits per heavy atom. The molecule has 0 saturated heterocycles. The number of hydrogen-bond acceptors (Lipinski definition) is 5. The highest BCUT2D eigenvalue weighted by molar-refractivity contribution is 7.13. The third-order valence-electron chi connectivity index (χ3n) is 3.98. The number of nitrogens with one attached hydrogen (secondary N) is 1. The molecule has 0 saturated carbocycles. The SMILES string of the molecule is CCCn1c(-c2nc(C(=O)NCCOCCO)cs2)cc2ccccc21. The average molecular weight is 373 g/mol. The zero-order valence-electron chi connectivity index (χ0n) is 14.8. The van der Waals surface area contributed by atoms with E-state index in [2.05, 4.69) is 40.0 Å². The Kier molecular flexibility index (Phi) is 6.38. The van der Waals surface area contributed by atoms with E-state index in [1.807, 2.05) is 12.1 Å². The number of nitrogens with zero attached hydrogens (tertiary/aromatic N) is 2. The van der Waals surface area contributed by atoms with Gasteiger partial charge in [0, 0.05) is 29.4 Å². The van der Waals surface area contributed by atoms with Crippen LogP contribution in [0.1, 0.15) is 23.8 Å². The topological polar surface area (TPSA) is 76.4 Å². The molecule has 0 bridgehead atoms. The molecule has 6 nitrogen and oxygen atoms in total. The van der Waals surface area contributed by atoms with E-state index >= 15 is 0 Å². The molecule has 26 heavy (non-hydrogen) atoms. The van der Waals surface area contributed by atoms with Crippen LogP contribution in [0.5, 0.6) is 0 Å². The molecule has 0 spiro atoms. The molecular formula is C19H23N3O3S. The van der Waals surface area contributed by atoms with Crippen LogP contribution in [0.2, 0.25) is 0 Å². The molecular weight excluding hydrogens is 350 g/mol. The lowest BCUT2D eigenvalue weighted by Gasteiger charge is -2.07. The van der Waals surface area contributed by atoms with Gasteiger partial charge in [0.05, 0.1) is 25.5 Å². The third kappa shape index (κ3) is 4.12. The number of hydrogen-bond donors (Lipinski definition) is 2. The van der Waals surface area contributed by atoms with Gasteiger partial charge in [-0.25, -0.2) is 4.98 Å². The summed E-state index contributed by atoms with van der Waals surface area (Å²) in [6, 6.07) is 10.4. The summed E-state index contributed by atoms with van der Waals surface area (Å²) in [5.41, 5.74) is 2.65. The summed E-state index contributed by atoms with van der Waals surface area (Å²) in [7, 11) is 0. The zero-order valence-corrected chi connectivity index (χ0v) is 15.6. The number of amides is 1. The van der Waals surface area contributed by atoms with E-state index in [1.54, 1.807) is 5.38 Å². The van der Waals surface area contributed by atoms with Crippen LogP contribution in [0.15, 0.2) is 35.7 Å². The molecule has 3 aromatic rings. The van der Waals surface area contributed by atoms with Crippen LogP contribution in [0.3, 0.4) is 0 Å². The summed E-state index contributed by atoms with van der Waals surface area (Å²) >= 11 is 1.48. The predicted molar refractivity (Wildman–Crippen MR) is 104 cm³/mol. The zero-order chi connectivity index (χ0) is 18.4. The number of ether oxygens (including phenoxy) is 1. The van der Waals surface area contributed by atoms with Crippen molar-refractivity contribution in [3.63, 3.8) is 0 Å². The van der Waals surface area contributed by atoms with Gasteiger partial charge in [-0.1, -0.05) is 25.1 Å². The molecule has 1 amide bonds. The van der Waals surface area contributed by atoms with Crippen LogP contribution >= 0.6 is 11.3 Å². The molecule has 2 N–H and O–H groups in total. The Morgan fingerprint density at radius 2 is 2.19 bits per heavy atom. The first kappa shape index (κ1) is 18.6. The van der Waals surface area contributed by atoms with Crippen molar-refractivity contribution in [2.24, 2.45) is 0 Å². The third-order valence-corrected chi connectivity index (χ3v) is 4.85. The van der Waals surface area contributed by atoms with Crippen molar-refractivity contribution in [3.8, 4) is 10.7 Å². The number of fused-ring (bicyclic) bond motifs is 1. The Balaban J connectivity index is 1.76. The summed E-state index contributed by atoms with van der Waals surface area (Å²) in [5, 5.41) is 15.2. The molecule has 0 aliphatic rings.